The van der Waals surface area contributed by atoms with E-state index in [0.717, 1.165) is 25.7 Å². The van der Waals surface area contributed by atoms with E-state index in [2.05, 4.69) is 49.3 Å². The third-order valence-corrected chi connectivity index (χ3v) is 3.21. The average molecular weight is 231 g/mol. The summed E-state index contributed by atoms with van der Waals surface area (Å²) in [7, 11) is 0. The summed E-state index contributed by atoms with van der Waals surface area (Å²) in [5.74, 6) is 0. The standard InChI is InChI=1S/C15H21NO/c1-15(2)12-6-9-14(16-17-15)11-10-13-7-4-3-5-8-13/h3-5,7-8H,6,9-12H2,1-2H3. The molecule has 2 heteroatoms. The van der Waals surface area contributed by atoms with Gasteiger partial charge in [0.1, 0.15) is 5.60 Å². The van der Waals surface area contributed by atoms with E-state index in [0.29, 0.717) is 0 Å². The molecule has 0 aromatic heterocycles. The smallest absolute Gasteiger partial charge is 0.132 e. The summed E-state index contributed by atoms with van der Waals surface area (Å²) in [6.45, 7) is 4.22. The zero-order valence-electron chi connectivity index (χ0n) is 10.8. The van der Waals surface area contributed by atoms with Crippen molar-refractivity contribution in [2.45, 2.75) is 51.6 Å². The second-order valence-electron chi connectivity index (χ2n) is 5.35. The molecule has 0 N–H and O–H groups in total. The van der Waals surface area contributed by atoms with Gasteiger partial charge in [-0.2, -0.15) is 0 Å². The van der Waals surface area contributed by atoms with E-state index in [1.54, 1.807) is 0 Å². The number of aryl methyl sites for hydroxylation is 1. The Morgan fingerprint density at radius 1 is 1.18 bits per heavy atom. The molecule has 0 radical (unpaired) electrons. The van der Waals surface area contributed by atoms with Crippen LogP contribution in [0.2, 0.25) is 0 Å². The van der Waals surface area contributed by atoms with Crippen LogP contribution in [0.1, 0.15) is 45.1 Å². The minimum Gasteiger partial charge on any atom is -0.390 e. The first-order valence-corrected chi connectivity index (χ1v) is 6.44. The third-order valence-electron chi connectivity index (χ3n) is 3.21. The molecule has 17 heavy (non-hydrogen) atoms. The van der Waals surface area contributed by atoms with Crippen LogP contribution in [-0.2, 0) is 11.3 Å². The Balaban J connectivity index is 1.89. The number of rotatable bonds is 3. The fourth-order valence-electron chi connectivity index (χ4n) is 2.10. The molecule has 0 saturated carbocycles. The lowest BCUT2D eigenvalue weighted by Gasteiger charge is -2.19. The quantitative estimate of drug-likeness (QED) is 0.771. The van der Waals surface area contributed by atoms with Crippen molar-refractivity contribution in [1.82, 2.24) is 0 Å². The Labute approximate surface area is 104 Å². The maximum atomic E-state index is 5.58. The van der Waals surface area contributed by atoms with Gasteiger partial charge in [0.25, 0.3) is 0 Å². The van der Waals surface area contributed by atoms with Crippen molar-refractivity contribution in [2.24, 2.45) is 5.16 Å². The monoisotopic (exact) mass is 231 g/mol. The van der Waals surface area contributed by atoms with Crippen LogP contribution in [0.15, 0.2) is 35.5 Å². The number of benzene rings is 1. The van der Waals surface area contributed by atoms with Crippen LogP contribution >= 0.6 is 0 Å². The van der Waals surface area contributed by atoms with Crippen LogP contribution in [0.5, 0.6) is 0 Å². The normalized spacial score (nSPS) is 19.1. The number of oxime groups is 1. The SMILES string of the molecule is CC1(C)CCCC(CCc2ccccc2)=NO1. The molecule has 0 aliphatic carbocycles. The summed E-state index contributed by atoms with van der Waals surface area (Å²) in [5.41, 5.74) is 2.49. The van der Waals surface area contributed by atoms with Gasteiger partial charge < -0.3 is 4.84 Å². The highest BCUT2D eigenvalue weighted by atomic mass is 16.6. The molecular weight excluding hydrogens is 210 g/mol. The molecule has 1 heterocycles. The molecule has 0 spiro atoms. The molecular formula is C15H21NO. The molecule has 92 valence electrons. The van der Waals surface area contributed by atoms with Gasteiger partial charge in [0.05, 0.1) is 5.71 Å². The summed E-state index contributed by atoms with van der Waals surface area (Å²) in [5, 5.41) is 4.31. The molecule has 1 aliphatic rings. The summed E-state index contributed by atoms with van der Waals surface area (Å²) >= 11 is 0. The molecule has 1 aromatic carbocycles. The maximum Gasteiger partial charge on any atom is 0.132 e. The average Bonchev–Trinajstić information content (AvgIpc) is 2.49. The molecule has 0 fully saturated rings. The van der Waals surface area contributed by atoms with E-state index >= 15 is 0 Å². The van der Waals surface area contributed by atoms with E-state index < -0.39 is 0 Å². The predicted octanol–water partition coefficient (Wildman–Crippen LogP) is 3.95. The van der Waals surface area contributed by atoms with Gasteiger partial charge in [0.2, 0.25) is 0 Å². The molecule has 0 atom stereocenters. The van der Waals surface area contributed by atoms with Crippen molar-refractivity contribution in [3.63, 3.8) is 0 Å². The summed E-state index contributed by atoms with van der Waals surface area (Å²) in [4.78, 5) is 5.58. The first-order valence-electron chi connectivity index (χ1n) is 6.44. The second kappa shape index (κ2) is 5.35. The Morgan fingerprint density at radius 2 is 1.94 bits per heavy atom. The van der Waals surface area contributed by atoms with Crippen molar-refractivity contribution in [3.05, 3.63) is 35.9 Å². The minimum atomic E-state index is -0.0888. The van der Waals surface area contributed by atoms with Gasteiger partial charge in [-0.05, 0) is 51.5 Å². The van der Waals surface area contributed by atoms with Gasteiger partial charge in [0.15, 0.2) is 0 Å². The van der Waals surface area contributed by atoms with Crippen LogP contribution in [0.3, 0.4) is 0 Å². The Hall–Kier alpha value is -1.31. The fraction of sp³-hybridized carbons (Fsp3) is 0.533. The highest BCUT2D eigenvalue weighted by Gasteiger charge is 2.22. The third kappa shape index (κ3) is 3.88. The first kappa shape index (κ1) is 12.2. The molecule has 0 unspecified atom stereocenters. The lowest BCUT2D eigenvalue weighted by atomic mass is 9.99. The first-order chi connectivity index (χ1) is 8.16. The Morgan fingerprint density at radius 3 is 2.71 bits per heavy atom. The van der Waals surface area contributed by atoms with Gasteiger partial charge in [-0.3, -0.25) is 0 Å². The second-order valence-corrected chi connectivity index (χ2v) is 5.35. The largest absolute Gasteiger partial charge is 0.390 e. The van der Waals surface area contributed by atoms with E-state index in [1.165, 1.54) is 17.7 Å². The van der Waals surface area contributed by atoms with Gasteiger partial charge in [-0.15, -0.1) is 0 Å². The highest BCUT2D eigenvalue weighted by Crippen LogP contribution is 2.23. The van der Waals surface area contributed by atoms with Crippen LogP contribution in [0, 0.1) is 0 Å². The Bertz CT molecular complexity index is 381. The molecule has 0 amide bonds. The molecule has 0 bridgehead atoms. The number of hydrogen-bond acceptors (Lipinski definition) is 2. The Kier molecular flexibility index (Phi) is 3.82. The van der Waals surface area contributed by atoms with Gasteiger partial charge in [-0.25, -0.2) is 0 Å². The summed E-state index contributed by atoms with van der Waals surface area (Å²) in [6.07, 6.45) is 5.42. The van der Waals surface area contributed by atoms with Crippen molar-refractivity contribution in [1.29, 1.82) is 0 Å². The number of hydrogen-bond donors (Lipinski definition) is 0. The van der Waals surface area contributed by atoms with E-state index in [9.17, 15) is 0 Å². The van der Waals surface area contributed by atoms with Crippen molar-refractivity contribution in [2.75, 3.05) is 0 Å². The molecule has 0 saturated heterocycles. The zero-order chi connectivity index (χ0) is 12.1. The van der Waals surface area contributed by atoms with Crippen LogP contribution in [0.4, 0.5) is 0 Å². The fourth-order valence-corrected chi connectivity index (χ4v) is 2.10. The van der Waals surface area contributed by atoms with Crippen molar-refractivity contribution < 1.29 is 4.84 Å². The highest BCUT2D eigenvalue weighted by molar-refractivity contribution is 5.84. The summed E-state index contributed by atoms with van der Waals surface area (Å²) < 4.78 is 0. The topological polar surface area (TPSA) is 21.6 Å². The summed E-state index contributed by atoms with van der Waals surface area (Å²) in [6, 6.07) is 10.6. The van der Waals surface area contributed by atoms with E-state index in [-0.39, 0.29) is 5.60 Å². The molecule has 1 aromatic rings. The molecule has 1 aliphatic heterocycles. The van der Waals surface area contributed by atoms with E-state index in [4.69, 9.17) is 4.84 Å². The molecule has 2 nitrogen and oxygen atoms in total. The van der Waals surface area contributed by atoms with Gasteiger partial charge in [-0.1, -0.05) is 35.5 Å². The van der Waals surface area contributed by atoms with Crippen molar-refractivity contribution >= 4 is 5.71 Å². The minimum absolute atomic E-state index is 0.0888. The maximum absolute atomic E-state index is 5.58. The zero-order valence-corrected chi connectivity index (χ0v) is 10.8. The van der Waals surface area contributed by atoms with Crippen LogP contribution < -0.4 is 0 Å². The van der Waals surface area contributed by atoms with Crippen LogP contribution in [-0.4, -0.2) is 11.3 Å². The molecule has 2 rings (SSSR count). The number of nitrogens with zero attached hydrogens (tertiary/aromatic N) is 1. The van der Waals surface area contributed by atoms with Gasteiger partial charge >= 0.3 is 0 Å². The van der Waals surface area contributed by atoms with Crippen molar-refractivity contribution in [3.8, 4) is 0 Å². The lowest BCUT2D eigenvalue weighted by molar-refractivity contribution is -0.0172. The van der Waals surface area contributed by atoms with E-state index in [1.807, 2.05) is 0 Å². The predicted molar refractivity (Wildman–Crippen MR) is 71.2 cm³/mol. The van der Waals surface area contributed by atoms with Gasteiger partial charge in [0, 0.05) is 0 Å². The lowest BCUT2D eigenvalue weighted by Crippen LogP contribution is -2.20. The van der Waals surface area contributed by atoms with Crippen LogP contribution in [0.25, 0.3) is 0 Å².